The number of benzene rings is 2. The van der Waals surface area contributed by atoms with Gasteiger partial charge in [0.15, 0.2) is 0 Å². The van der Waals surface area contributed by atoms with Crippen molar-refractivity contribution in [2.45, 2.75) is 19.3 Å². The molecule has 0 saturated carbocycles. The minimum atomic E-state index is -0.0287. The van der Waals surface area contributed by atoms with E-state index in [1.165, 1.54) is 16.7 Å². The second-order valence-electron chi connectivity index (χ2n) is 4.95. The number of hydrogen-bond acceptors (Lipinski definition) is 3. The van der Waals surface area contributed by atoms with Crippen molar-refractivity contribution in [2.75, 3.05) is 13.7 Å². The minimum absolute atomic E-state index is 0.0287. The summed E-state index contributed by atoms with van der Waals surface area (Å²) in [5, 5.41) is 3.35. The molecular formula is C17H19NO2. The maximum Gasteiger partial charge on any atom is 0.134 e. The van der Waals surface area contributed by atoms with Crippen molar-refractivity contribution in [1.29, 1.82) is 0 Å². The van der Waals surface area contributed by atoms with Crippen LogP contribution in [0.4, 0.5) is 0 Å². The van der Waals surface area contributed by atoms with Gasteiger partial charge in [0.25, 0.3) is 0 Å². The number of fused-ring (bicyclic) bond motifs is 1. The Hall–Kier alpha value is -1.84. The normalized spacial score (nSPS) is 17.6. The molecule has 1 aliphatic heterocycles. The van der Waals surface area contributed by atoms with Gasteiger partial charge < -0.3 is 9.47 Å². The lowest BCUT2D eigenvalue weighted by Gasteiger charge is -2.26. The third-order valence-corrected chi connectivity index (χ3v) is 3.61. The highest BCUT2D eigenvalue weighted by Crippen LogP contribution is 2.27. The average molecular weight is 269 g/mol. The van der Waals surface area contributed by atoms with Gasteiger partial charge in [-0.25, -0.2) is 0 Å². The number of rotatable bonds is 4. The van der Waals surface area contributed by atoms with Gasteiger partial charge >= 0.3 is 0 Å². The fourth-order valence-corrected chi connectivity index (χ4v) is 2.53. The Morgan fingerprint density at radius 3 is 2.80 bits per heavy atom. The zero-order valence-corrected chi connectivity index (χ0v) is 11.6. The van der Waals surface area contributed by atoms with E-state index in [9.17, 15) is 0 Å². The molecule has 0 spiro atoms. The minimum Gasteiger partial charge on any atom is -0.489 e. The van der Waals surface area contributed by atoms with E-state index in [1.807, 2.05) is 24.3 Å². The smallest absolute Gasteiger partial charge is 0.134 e. The van der Waals surface area contributed by atoms with Crippen LogP contribution >= 0.6 is 0 Å². The molecule has 1 atom stereocenters. The summed E-state index contributed by atoms with van der Waals surface area (Å²) in [6, 6.07) is 16.5. The highest BCUT2D eigenvalue weighted by molar-refractivity contribution is 5.38. The quantitative estimate of drug-likeness (QED) is 0.925. The summed E-state index contributed by atoms with van der Waals surface area (Å²) < 4.78 is 11.3. The molecule has 3 nitrogen and oxygen atoms in total. The Labute approximate surface area is 119 Å². The summed E-state index contributed by atoms with van der Waals surface area (Å²) in [5.74, 6) is 0.887. The molecule has 1 N–H and O–H groups in total. The van der Waals surface area contributed by atoms with Crippen LogP contribution in [0.15, 0.2) is 48.5 Å². The summed E-state index contributed by atoms with van der Waals surface area (Å²) >= 11 is 0. The van der Waals surface area contributed by atoms with Gasteiger partial charge in [0, 0.05) is 19.2 Å². The lowest BCUT2D eigenvalue weighted by molar-refractivity contribution is 0.0683. The molecule has 1 aliphatic rings. The van der Waals surface area contributed by atoms with Gasteiger partial charge in [-0.1, -0.05) is 36.4 Å². The summed E-state index contributed by atoms with van der Waals surface area (Å²) in [5.41, 5.74) is 3.69. The molecule has 3 heteroatoms. The van der Waals surface area contributed by atoms with Gasteiger partial charge in [-0.15, -0.1) is 0 Å². The van der Waals surface area contributed by atoms with Gasteiger partial charge in [0.2, 0.25) is 0 Å². The van der Waals surface area contributed by atoms with Crippen LogP contribution in [0.5, 0.6) is 5.75 Å². The Bertz CT molecular complexity index is 568. The van der Waals surface area contributed by atoms with Crippen LogP contribution in [0.2, 0.25) is 0 Å². The summed E-state index contributed by atoms with van der Waals surface area (Å²) in [4.78, 5) is 0. The Morgan fingerprint density at radius 1 is 1.15 bits per heavy atom. The first-order valence-electron chi connectivity index (χ1n) is 6.92. The molecule has 1 unspecified atom stereocenters. The van der Waals surface area contributed by atoms with Crippen LogP contribution in [0.3, 0.4) is 0 Å². The van der Waals surface area contributed by atoms with E-state index in [0.29, 0.717) is 6.61 Å². The summed E-state index contributed by atoms with van der Waals surface area (Å²) in [7, 11) is 1.73. The Balaban J connectivity index is 1.75. The average Bonchev–Trinajstić information content (AvgIpc) is 2.53. The Morgan fingerprint density at radius 2 is 2.00 bits per heavy atom. The van der Waals surface area contributed by atoms with Crippen LogP contribution in [0.25, 0.3) is 0 Å². The monoisotopic (exact) mass is 269 g/mol. The van der Waals surface area contributed by atoms with E-state index in [1.54, 1.807) is 7.11 Å². The third kappa shape index (κ3) is 2.84. The highest BCUT2D eigenvalue weighted by atomic mass is 16.5. The van der Waals surface area contributed by atoms with E-state index in [2.05, 4.69) is 29.6 Å². The first kappa shape index (κ1) is 13.2. The van der Waals surface area contributed by atoms with Crippen molar-refractivity contribution in [2.24, 2.45) is 0 Å². The summed E-state index contributed by atoms with van der Waals surface area (Å²) in [6.07, 6.45) is 1.01. The molecule has 0 aliphatic carbocycles. The van der Waals surface area contributed by atoms with E-state index in [0.717, 1.165) is 18.7 Å². The van der Waals surface area contributed by atoms with Gasteiger partial charge in [0.05, 0.1) is 0 Å². The van der Waals surface area contributed by atoms with Crippen LogP contribution in [0, 0.1) is 0 Å². The SMILES string of the molecule is COC1NCCc2ccc(OCc3ccccc3)cc21. The van der Waals surface area contributed by atoms with E-state index < -0.39 is 0 Å². The van der Waals surface area contributed by atoms with E-state index in [-0.39, 0.29) is 6.23 Å². The molecule has 0 saturated heterocycles. The van der Waals surface area contributed by atoms with Crippen LogP contribution in [-0.4, -0.2) is 13.7 Å². The molecule has 20 heavy (non-hydrogen) atoms. The van der Waals surface area contributed by atoms with Gasteiger partial charge in [-0.2, -0.15) is 0 Å². The zero-order valence-electron chi connectivity index (χ0n) is 11.6. The topological polar surface area (TPSA) is 30.5 Å². The molecular weight excluding hydrogens is 250 g/mol. The zero-order chi connectivity index (χ0) is 13.8. The largest absolute Gasteiger partial charge is 0.489 e. The molecule has 0 amide bonds. The van der Waals surface area contributed by atoms with Gasteiger partial charge in [0.1, 0.15) is 18.6 Å². The fourth-order valence-electron chi connectivity index (χ4n) is 2.53. The molecule has 0 bridgehead atoms. The number of ether oxygens (including phenoxy) is 2. The van der Waals surface area contributed by atoms with Crippen molar-refractivity contribution in [1.82, 2.24) is 5.32 Å². The lowest BCUT2D eigenvalue weighted by atomic mass is 9.99. The second kappa shape index (κ2) is 6.07. The van der Waals surface area contributed by atoms with Crippen LogP contribution in [0.1, 0.15) is 22.9 Å². The van der Waals surface area contributed by atoms with Crippen molar-refractivity contribution in [3.8, 4) is 5.75 Å². The highest BCUT2D eigenvalue weighted by Gasteiger charge is 2.19. The standard InChI is InChI=1S/C17H19NO2/c1-19-17-16-11-15(8-7-14(16)9-10-18-17)20-12-13-5-3-2-4-6-13/h2-8,11,17-18H,9-10,12H2,1H3. The molecule has 3 rings (SSSR count). The molecule has 0 fully saturated rings. The molecule has 1 heterocycles. The molecule has 104 valence electrons. The number of nitrogens with one attached hydrogen (secondary N) is 1. The van der Waals surface area contributed by atoms with Crippen LogP contribution in [-0.2, 0) is 17.8 Å². The van der Waals surface area contributed by atoms with Crippen molar-refractivity contribution in [3.05, 3.63) is 65.2 Å². The first-order chi connectivity index (χ1) is 9.86. The van der Waals surface area contributed by atoms with Crippen molar-refractivity contribution in [3.63, 3.8) is 0 Å². The van der Waals surface area contributed by atoms with Gasteiger partial charge in [-0.05, 0) is 29.7 Å². The lowest BCUT2D eigenvalue weighted by Crippen LogP contribution is -2.30. The molecule has 0 radical (unpaired) electrons. The molecule has 2 aromatic rings. The molecule has 0 aromatic heterocycles. The number of hydrogen-bond donors (Lipinski definition) is 1. The van der Waals surface area contributed by atoms with Gasteiger partial charge in [-0.3, -0.25) is 5.32 Å². The van der Waals surface area contributed by atoms with Crippen LogP contribution < -0.4 is 10.1 Å². The van der Waals surface area contributed by atoms with Crippen molar-refractivity contribution >= 4 is 0 Å². The molecule has 2 aromatic carbocycles. The fraction of sp³-hybridized carbons (Fsp3) is 0.294. The second-order valence-corrected chi connectivity index (χ2v) is 4.95. The summed E-state index contributed by atoms with van der Waals surface area (Å²) in [6.45, 7) is 1.54. The maximum absolute atomic E-state index is 5.87. The third-order valence-electron chi connectivity index (χ3n) is 3.61. The number of methoxy groups -OCH3 is 1. The Kier molecular flexibility index (Phi) is 4.00. The predicted molar refractivity (Wildman–Crippen MR) is 78.7 cm³/mol. The van der Waals surface area contributed by atoms with E-state index in [4.69, 9.17) is 9.47 Å². The maximum atomic E-state index is 5.87. The predicted octanol–water partition coefficient (Wildman–Crippen LogP) is 3.06. The van der Waals surface area contributed by atoms with Crippen molar-refractivity contribution < 1.29 is 9.47 Å². The van der Waals surface area contributed by atoms with E-state index >= 15 is 0 Å². The first-order valence-corrected chi connectivity index (χ1v) is 6.92.